The molecule has 4 heteroatoms. The lowest BCUT2D eigenvalue weighted by molar-refractivity contribution is 0.0642. The van der Waals surface area contributed by atoms with Crippen LogP contribution in [-0.2, 0) is 6.54 Å². The van der Waals surface area contributed by atoms with Crippen LogP contribution in [0, 0.1) is 13.8 Å². The van der Waals surface area contributed by atoms with Crippen molar-refractivity contribution >= 4 is 23.2 Å². The van der Waals surface area contributed by atoms with Crippen LogP contribution >= 0.6 is 11.3 Å². The largest absolute Gasteiger partial charge is 0.270 e. The lowest BCUT2D eigenvalue weighted by Crippen LogP contribution is -2.29. The van der Waals surface area contributed by atoms with Crippen molar-refractivity contribution in [2.24, 2.45) is 0 Å². The summed E-state index contributed by atoms with van der Waals surface area (Å²) in [5, 5.41) is 0. The number of nitrogens with zero attached hydrogens (tertiary/aromatic N) is 1. The lowest BCUT2D eigenvalue weighted by atomic mass is 10.1. The number of carbonyl (C=O) groups excluding carboxylic acids is 2. The zero-order chi connectivity index (χ0) is 13.6. The maximum Gasteiger partial charge on any atom is 0.261 e. The molecule has 1 aliphatic heterocycles. The van der Waals surface area contributed by atoms with Gasteiger partial charge in [-0.05, 0) is 37.6 Å². The van der Waals surface area contributed by atoms with Gasteiger partial charge in [0.15, 0.2) is 0 Å². The third-order valence-electron chi connectivity index (χ3n) is 3.35. The van der Waals surface area contributed by atoms with Gasteiger partial charge in [-0.15, -0.1) is 11.3 Å². The summed E-state index contributed by atoms with van der Waals surface area (Å²) >= 11 is 1.69. The van der Waals surface area contributed by atoms with Gasteiger partial charge in [0.25, 0.3) is 11.8 Å². The smallest absolute Gasteiger partial charge is 0.261 e. The molecular weight excluding hydrogens is 258 g/mol. The summed E-state index contributed by atoms with van der Waals surface area (Å²) in [6.45, 7) is 4.41. The van der Waals surface area contributed by atoms with Crippen molar-refractivity contribution in [2.75, 3.05) is 0 Å². The van der Waals surface area contributed by atoms with E-state index in [9.17, 15) is 9.59 Å². The third kappa shape index (κ3) is 1.88. The summed E-state index contributed by atoms with van der Waals surface area (Å²) in [4.78, 5) is 28.2. The summed E-state index contributed by atoms with van der Waals surface area (Å²) in [7, 11) is 0. The molecule has 0 unspecified atom stereocenters. The molecule has 19 heavy (non-hydrogen) atoms. The molecule has 1 aromatic heterocycles. The highest BCUT2D eigenvalue weighted by molar-refractivity contribution is 7.12. The number of hydrogen-bond acceptors (Lipinski definition) is 3. The fourth-order valence-corrected chi connectivity index (χ4v) is 3.33. The molecule has 0 saturated heterocycles. The Labute approximate surface area is 115 Å². The van der Waals surface area contributed by atoms with Gasteiger partial charge in [0.2, 0.25) is 0 Å². The third-order valence-corrected chi connectivity index (χ3v) is 4.36. The molecule has 1 aliphatic rings. The highest BCUT2D eigenvalue weighted by atomic mass is 32.1. The van der Waals surface area contributed by atoms with Crippen molar-refractivity contribution < 1.29 is 9.59 Å². The number of imide groups is 1. The monoisotopic (exact) mass is 271 g/mol. The van der Waals surface area contributed by atoms with E-state index in [1.807, 2.05) is 19.9 Å². The van der Waals surface area contributed by atoms with E-state index in [0.717, 1.165) is 10.4 Å². The van der Waals surface area contributed by atoms with Gasteiger partial charge in [-0.25, -0.2) is 0 Å². The van der Waals surface area contributed by atoms with Crippen LogP contribution in [0.1, 0.15) is 36.0 Å². The van der Waals surface area contributed by atoms with Gasteiger partial charge in [-0.2, -0.15) is 0 Å². The van der Waals surface area contributed by atoms with Gasteiger partial charge in [0, 0.05) is 9.75 Å². The van der Waals surface area contributed by atoms with Gasteiger partial charge >= 0.3 is 0 Å². The number of fused-ring (bicyclic) bond motifs is 1. The number of amides is 2. The molecule has 0 saturated carbocycles. The van der Waals surface area contributed by atoms with Crippen molar-refractivity contribution in [3.05, 3.63) is 56.8 Å². The van der Waals surface area contributed by atoms with Gasteiger partial charge in [-0.3, -0.25) is 14.5 Å². The van der Waals surface area contributed by atoms with Crippen molar-refractivity contribution in [3.63, 3.8) is 0 Å². The predicted octanol–water partition coefficient (Wildman–Crippen LogP) is 3.16. The summed E-state index contributed by atoms with van der Waals surface area (Å²) in [6, 6.07) is 9.03. The second-order valence-electron chi connectivity index (χ2n) is 4.68. The number of benzene rings is 1. The average Bonchev–Trinajstić information content (AvgIpc) is 2.83. The van der Waals surface area contributed by atoms with E-state index >= 15 is 0 Å². The van der Waals surface area contributed by atoms with Crippen molar-refractivity contribution in [2.45, 2.75) is 20.4 Å². The minimum absolute atomic E-state index is 0.191. The Hall–Kier alpha value is -1.94. The Morgan fingerprint density at radius 3 is 2.11 bits per heavy atom. The molecule has 0 fully saturated rings. The zero-order valence-corrected chi connectivity index (χ0v) is 11.6. The Morgan fingerprint density at radius 2 is 1.63 bits per heavy atom. The summed E-state index contributed by atoms with van der Waals surface area (Å²) in [5.41, 5.74) is 2.08. The van der Waals surface area contributed by atoms with Crippen molar-refractivity contribution in [1.82, 2.24) is 4.90 Å². The van der Waals surface area contributed by atoms with Crippen LogP contribution in [0.4, 0.5) is 0 Å². The molecule has 0 aliphatic carbocycles. The van der Waals surface area contributed by atoms with E-state index in [1.165, 1.54) is 9.78 Å². The first-order valence-corrected chi connectivity index (χ1v) is 6.90. The number of rotatable bonds is 2. The fraction of sp³-hybridized carbons (Fsp3) is 0.200. The fourth-order valence-electron chi connectivity index (χ4n) is 2.39. The number of aryl methyl sites for hydroxylation is 2. The summed E-state index contributed by atoms with van der Waals surface area (Å²) in [5.74, 6) is -0.382. The second kappa shape index (κ2) is 4.31. The van der Waals surface area contributed by atoms with E-state index < -0.39 is 0 Å². The van der Waals surface area contributed by atoms with Crippen LogP contribution in [0.15, 0.2) is 30.3 Å². The number of carbonyl (C=O) groups is 2. The number of hydrogen-bond donors (Lipinski definition) is 0. The van der Waals surface area contributed by atoms with E-state index in [1.54, 1.807) is 35.6 Å². The van der Waals surface area contributed by atoms with Crippen LogP contribution in [0.3, 0.4) is 0 Å². The quantitative estimate of drug-likeness (QED) is 0.787. The number of thiophene rings is 1. The lowest BCUT2D eigenvalue weighted by Gasteiger charge is -2.13. The molecule has 0 bridgehead atoms. The molecule has 0 atom stereocenters. The minimum Gasteiger partial charge on any atom is -0.270 e. The van der Waals surface area contributed by atoms with Crippen LogP contribution < -0.4 is 0 Å². The van der Waals surface area contributed by atoms with Gasteiger partial charge in [0.05, 0.1) is 17.7 Å². The van der Waals surface area contributed by atoms with Crippen molar-refractivity contribution in [1.29, 1.82) is 0 Å². The Balaban J connectivity index is 1.94. The van der Waals surface area contributed by atoms with Crippen LogP contribution in [0.5, 0.6) is 0 Å². The molecule has 0 radical (unpaired) electrons. The maximum atomic E-state index is 12.2. The van der Waals surface area contributed by atoms with Crippen LogP contribution in [-0.4, -0.2) is 16.7 Å². The van der Waals surface area contributed by atoms with Gasteiger partial charge in [0.1, 0.15) is 0 Å². The van der Waals surface area contributed by atoms with Crippen molar-refractivity contribution in [3.8, 4) is 0 Å². The second-order valence-corrected chi connectivity index (χ2v) is 6.14. The Morgan fingerprint density at radius 1 is 1.05 bits per heavy atom. The first-order valence-electron chi connectivity index (χ1n) is 6.09. The molecular formula is C15H13NO2S. The van der Waals surface area contributed by atoms with Gasteiger partial charge in [-0.1, -0.05) is 12.1 Å². The van der Waals surface area contributed by atoms with E-state index in [4.69, 9.17) is 0 Å². The molecule has 2 heterocycles. The average molecular weight is 271 g/mol. The molecule has 3 nitrogen and oxygen atoms in total. The first-order chi connectivity index (χ1) is 9.08. The SMILES string of the molecule is Cc1cc(CN2C(=O)c3ccccc3C2=O)c(C)s1. The summed E-state index contributed by atoms with van der Waals surface area (Å²) in [6.07, 6.45) is 0. The highest BCUT2D eigenvalue weighted by Crippen LogP contribution is 2.27. The maximum absolute atomic E-state index is 12.2. The van der Waals surface area contributed by atoms with E-state index in [0.29, 0.717) is 17.7 Å². The molecule has 3 rings (SSSR count). The summed E-state index contributed by atoms with van der Waals surface area (Å²) < 4.78 is 0. The van der Waals surface area contributed by atoms with Crippen LogP contribution in [0.2, 0.25) is 0 Å². The van der Waals surface area contributed by atoms with Crippen LogP contribution in [0.25, 0.3) is 0 Å². The normalized spacial score (nSPS) is 14.1. The Kier molecular flexibility index (Phi) is 2.75. The van der Waals surface area contributed by atoms with E-state index in [-0.39, 0.29) is 11.8 Å². The Bertz CT molecular complexity index is 652. The zero-order valence-electron chi connectivity index (χ0n) is 10.8. The van der Waals surface area contributed by atoms with E-state index in [2.05, 4.69) is 0 Å². The predicted molar refractivity (Wildman–Crippen MR) is 74.4 cm³/mol. The first kappa shape index (κ1) is 12.1. The standard InChI is InChI=1S/C15H13NO2S/c1-9-7-11(10(2)19-9)8-16-14(17)12-5-3-4-6-13(12)15(16)18/h3-7H,8H2,1-2H3. The molecule has 0 spiro atoms. The molecule has 2 amide bonds. The molecule has 0 N–H and O–H groups in total. The van der Waals surface area contributed by atoms with Gasteiger partial charge < -0.3 is 0 Å². The topological polar surface area (TPSA) is 37.4 Å². The molecule has 1 aromatic carbocycles. The highest BCUT2D eigenvalue weighted by Gasteiger charge is 2.35. The molecule has 96 valence electrons. The molecule has 2 aromatic rings. The minimum atomic E-state index is -0.191.